The van der Waals surface area contributed by atoms with Crippen LogP contribution in [0.15, 0.2) is 18.3 Å². The molecule has 2 rings (SSSR count). The van der Waals surface area contributed by atoms with Crippen molar-refractivity contribution >= 4 is 11.9 Å². The van der Waals surface area contributed by atoms with Gasteiger partial charge in [0.25, 0.3) is 5.91 Å². The Bertz CT molecular complexity index is 375. The summed E-state index contributed by atoms with van der Waals surface area (Å²) in [7, 11) is 0. The summed E-state index contributed by atoms with van der Waals surface area (Å²) in [5.74, 6) is -0.969. The van der Waals surface area contributed by atoms with Crippen LogP contribution in [0.25, 0.3) is 0 Å². The van der Waals surface area contributed by atoms with Crippen LogP contribution in [0.4, 0.5) is 0 Å². The number of hydrogen-bond donors (Lipinski definition) is 1. The van der Waals surface area contributed by atoms with Crippen LogP contribution >= 0.6 is 0 Å². The molecule has 6 nitrogen and oxygen atoms in total. The lowest BCUT2D eigenvalue weighted by Gasteiger charge is -2.02. The van der Waals surface area contributed by atoms with Gasteiger partial charge in [-0.1, -0.05) is 0 Å². The number of rotatable bonds is 2. The fourth-order valence-corrected chi connectivity index (χ4v) is 0.988. The quantitative estimate of drug-likeness (QED) is 0.694. The van der Waals surface area contributed by atoms with Gasteiger partial charge in [-0.05, 0) is 25.0 Å². The molecule has 1 fully saturated rings. The number of hydroxylamine groups is 1. The van der Waals surface area contributed by atoms with E-state index in [1.54, 1.807) is 6.07 Å². The van der Waals surface area contributed by atoms with Gasteiger partial charge in [-0.25, -0.2) is 4.79 Å². The van der Waals surface area contributed by atoms with E-state index in [0.29, 0.717) is 0 Å². The monoisotopic (exact) mass is 207 g/mol. The number of nitrogens with one attached hydrogen (secondary N) is 1. The summed E-state index contributed by atoms with van der Waals surface area (Å²) in [5.41, 5.74) is 2.15. The van der Waals surface area contributed by atoms with Crippen molar-refractivity contribution in [3.8, 4) is 0 Å². The van der Waals surface area contributed by atoms with Crippen molar-refractivity contribution in [2.45, 2.75) is 12.8 Å². The Kier molecular flexibility index (Phi) is 2.57. The predicted octanol–water partition coefficient (Wildman–Crippen LogP) is 0.0746. The van der Waals surface area contributed by atoms with Gasteiger partial charge in [0, 0.05) is 12.1 Å². The lowest BCUT2D eigenvalue weighted by molar-refractivity contribution is -0.131. The molecule has 0 spiro atoms. The lowest BCUT2D eigenvalue weighted by atomic mass is 10.4. The Morgan fingerprint density at radius 3 is 2.87 bits per heavy atom. The van der Waals surface area contributed by atoms with Crippen molar-refractivity contribution in [2.24, 2.45) is 5.92 Å². The van der Waals surface area contributed by atoms with Crippen molar-refractivity contribution in [2.75, 3.05) is 0 Å². The van der Waals surface area contributed by atoms with Gasteiger partial charge in [0.15, 0.2) is 5.69 Å². The second kappa shape index (κ2) is 4.04. The Morgan fingerprint density at radius 2 is 2.27 bits per heavy atom. The van der Waals surface area contributed by atoms with Gasteiger partial charge in [0.1, 0.15) is 0 Å². The first-order valence-electron chi connectivity index (χ1n) is 4.56. The minimum Gasteiger partial charge on any atom is -0.334 e. The molecule has 1 aromatic heterocycles. The zero-order chi connectivity index (χ0) is 10.7. The Morgan fingerprint density at radius 1 is 1.47 bits per heavy atom. The van der Waals surface area contributed by atoms with Gasteiger partial charge in [-0.15, -0.1) is 5.10 Å². The first-order chi connectivity index (χ1) is 7.27. The SMILES string of the molecule is O=C(ONC(=O)C1CC1)c1cccnn1. The first-order valence-corrected chi connectivity index (χ1v) is 4.56. The molecule has 0 atom stereocenters. The van der Waals surface area contributed by atoms with E-state index < -0.39 is 5.97 Å². The first kappa shape index (κ1) is 9.57. The van der Waals surface area contributed by atoms with Crippen LogP contribution < -0.4 is 5.48 Å². The smallest absolute Gasteiger partial charge is 0.334 e. The Balaban J connectivity index is 1.84. The third kappa shape index (κ3) is 2.49. The lowest BCUT2D eigenvalue weighted by Crippen LogP contribution is -2.28. The van der Waals surface area contributed by atoms with Crippen molar-refractivity contribution in [3.63, 3.8) is 0 Å². The number of carbonyl (C=O) groups excluding carboxylic acids is 2. The van der Waals surface area contributed by atoms with E-state index in [1.165, 1.54) is 12.3 Å². The van der Waals surface area contributed by atoms with E-state index in [-0.39, 0.29) is 17.5 Å². The van der Waals surface area contributed by atoms with E-state index >= 15 is 0 Å². The van der Waals surface area contributed by atoms with Gasteiger partial charge in [0.2, 0.25) is 0 Å². The number of aromatic nitrogens is 2. The van der Waals surface area contributed by atoms with Crippen LogP contribution in [0.3, 0.4) is 0 Å². The third-order valence-electron chi connectivity index (χ3n) is 1.97. The molecule has 0 bridgehead atoms. The maximum atomic E-state index is 11.3. The fraction of sp³-hybridized carbons (Fsp3) is 0.333. The van der Waals surface area contributed by atoms with Crippen molar-refractivity contribution < 1.29 is 14.4 Å². The summed E-state index contributed by atoms with van der Waals surface area (Å²) in [4.78, 5) is 26.9. The molecule has 0 aliphatic heterocycles. The largest absolute Gasteiger partial charge is 0.383 e. The highest BCUT2D eigenvalue weighted by atomic mass is 16.7. The highest BCUT2D eigenvalue weighted by Gasteiger charge is 2.30. The van der Waals surface area contributed by atoms with Crippen molar-refractivity contribution in [1.29, 1.82) is 0 Å². The van der Waals surface area contributed by atoms with Gasteiger partial charge in [-0.3, -0.25) is 4.79 Å². The van der Waals surface area contributed by atoms with E-state index in [0.717, 1.165) is 12.8 Å². The molecule has 0 aromatic carbocycles. The molecule has 1 saturated carbocycles. The normalized spacial score (nSPS) is 14.4. The molecule has 0 saturated heterocycles. The van der Waals surface area contributed by atoms with Crippen molar-refractivity contribution in [1.82, 2.24) is 15.7 Å². The molecule has 1 aliphatic rings. The van der Waals surface area contributed by atoms with Crippen LogP contribution in [0.1, 0.15) is 23.3 Å². The minimum atomic E-state index is -0.711. The molecular weight excluding hydrogens is 198 g/mol. The maximum Gasteiger partial charge on any atom is 0.383 e. The summed E-state index contributed by atoms with van der Waals surface area (Å²) in [6.07, 6.45) is 3.16. The van der Waals surface area contributed by atoms with Gasteiger partial charge >= 0.3 is 5.97 Å². The zero-order valence-corrected chi connectivity index (χ0v) is 7.84. The third-order valence-corrected chi connectivity index (χ3v) is 1.97. The molecule has 0 unspecified atom stereocenters. The number of amides is 1. The van der Waals surface area contributed by atoms with E-state index in [4.69, 9.17) is 0 Å². The second-order valence-electron chi connectivity index (χ2n) is 3.24. The average Bonchev–Trinajstić information content (AvgIpc) is 3.10. The fourth-order valence-electron chi connectivity index (χ4n) is 0.988. The molecule has 1 heterocycles. The molecular formula is C9H9N3O3. The average molecular weight is 207 g/mol. The summed E-state index contributed by atoms with van der Waals surface area (Å²) < 4.78 is 0. The molecule has 1 aliphatic carbocycles. The van der Waals surface area contributed by atoms with Crippen LogP contribution in [-0.2, 0) is 9.63 Å². The number of nitrogens with zero attached hydrogens (tertiary/aromatic N) is 2. The van der Waals surface area contributed by atoms with E-state index in [9.17, 15) is 9.59 Å². The maximum absolute atomic E-state index is 11.3. The van der Waals surface area contributed by atoms with Crippen LogP contribution in [-0.4, -0.2) is 22.1 Å². The molecule has 78 valence electrons. The highest BCUT2D eigenvalue weighted by Crippen LogP contribution is 2.28. The van der Waals surface area contributed by atoms with E-state index in [2.05, 4.69) is 20.5 Å². The van der Waals surface area contributed by atoms with Crippen LogP contribution in [0, 0.1) is 5.92 Å². The molecule has 0 radical (unpaired) electrons. The predicted molar refractivity (Wildman–Crippen MR) is 48.3 cm³/mol. The zero-order valence-electron chi connectivity index (χ0n) is 7.84. The molecule has 1 N–H and O–H groups in total. The standard InChI is InChI=1S/C9H9N3O3/c13-8(6-3-4-6)12-15-9(14)7-2-1-5-10-11-7/h1-2,5-6H,3-4H2,(H,12,13). The molecule has 6 heteroatoms. The summed E-state index contributed by atoms with van der Waals surface area (Å²) >= 11 is 0. The van der Waals surface area contributed by atoms with Gasteiger partial charge in [0.05, 0.1) is 0 Å². The Labute approximate surface area is 85.6 Å². The van der Waals surface area contributed by atoms with Crippen molar-refractivity contribution in [3.05, 3.63) is 24.0 Å². The molecule has 1 aromatic rings. The Hall–Kier alpha value is -1.98. The van der Waals surface area contributed by atoms with Crippen LogP contribution in [0.2, 0.25) is 0 Å². The molecule has 15 heavy (non-hydrogen) atoms. The second-order valence-corrected chi connectivity index (χ2v) is 3.24. The molecule has 1 amide bonds. The number of hydrogen-bond acceptors (Lipinski definition) is 5. The highest BCUT2D eigenvalue weighted by molar-refractivity contribution is 5.88. The summed E-state index contributed by atoms with van der Waals surface area (Å²) in [5, 5.41) is 7.06. The van der Waals surface area contributed by atoms with Gasteiger partial charge in [-0.2, -0.15) is 10.6 Å². The van der Waals surface area contributed by atoms with Crippen LogP contribution in [0.5, 0.6) is 0 Å². The number of carbonyl (C=O) groups is 2. The topological polar surface area (TPSA) is 81.2 Å². The van der Waals surface area contributed by atoms with Gasteiger partial charge < -0.3 is 4.84 Å². The summed E-state index contributed by atoms with van der Waals surface area (Å²) in [6, 6.07) is 3.02. The minimum absolute atomic E-state index is 0.000317. The van der Waals surface area contributed by atoms with E-state index in [1.807, 2.05) is 0 Å². The summed E-state index contributed by atoms with van der Waals surface area (Å²) in [6.45, 7) is 0.